The summed E-state index contributed by atoms with van der Waals surface area (Å²) in [7, 11) is 0. The van der Waals surface area contributed by atoms with Crippen molar-refractivity contribution in [1.82, 2.24) is 0 Å². The van der Waals surface area contributed by atoms with Crippen molar-refractivity contribution in [3.05, 3.63) is 0 Å². The topological polar surface area (TPSA) is 68.2 Å². The molecule has 2 atom stereocenters. The van der Waals surface area contributed by atoms with Crippen molar-refractivity contribution in [2.45, 2.75) is 49.4 Å². The average Bonchev–Trinajstić information content (AvgIpc) is 2.32. The molecule has 0 spiro atoms. The van der Waals surface area contributed by atoms with E-state index >= 15 is 0 Å². The van der Waals surface area contributed by atoms with Crippen LogP contribution in [-0.2, 0) is 14.1 Å². The normalized spacial score (nSPS) is 41.7. The molecule has 0 aliphatic heterocycles. The molecule has 0 aromatic rings. The zero-order valence-corrected chi connectivity index (χ0v) is 12.4. The van der Waals surface area contributed by atoms with Crippen molar-refractivity contribution in [3.8, 4) is 0 Å². The van der Waals surface area contributed by atoms with E-state index in [1.54, 1.807) is 0 Å². The Morgan fingerprint density at radius 2 is 1.86 bits per heavy atom. The fraction of sp³-hybridized carbons (Fsp3) is 1.00. The standard InChI is InChI=1S/C13H20F2O5S/c14-13(15,21-20-19-17)8-18-7-11-2-9-1-10(3-11)5-12(16,4-9)6-11/h9-10,16-17H,1-8H2. The van der Waals surface area contributed by atoms with Gasteiger partial charge >= 0.3 is 5.25 Å². The van der Waals surface area contributed by atoms with E-state index in [2.05, 4.69) is 9.37 Å². The van der Waals surface area contributed by atoms with E-state index in [1.807, 2.05) is 0 Å². The van der Waals surface area contributed by atoms with Gasteiger partial charge in [-0.05, 0) is 55.8 Å². The molecule has 5 nitrogen and oxygen atoms in total. The van der Waals surface area contributed by atoms with Crippen LogP contribution in [0.1, 0.15) is 38.5 Å². The SMILES string of the molecule is OOOSC(F)(F)COCC12CC3CC(CC(O)(C3)C1)C2. The van der Waals surface area contributed by atoms with E-state index in [9.17, 15) is 13.9 Å². The minimum atomic E-state index is -3.29. The first-order chi connectivity index (χ1) is 9.84. The van der Waals surface area contributed by atoms with Gasteiger partial charge in [-0.1, -0.05) is 5.04 Å². The van der Waals surface area contributed by atoms with Gasteiger partial charge < -0.3 is 9.84 Å². The first-order valence-electron chi connectivity index (χ1n) is 7.18. The summed E-state index contributed by atoms with van der Waals surface area (Å²) in [5.41, 5.74) is -0.771. The third-order valence-corrected chi connectivity index (χ3v) is 5.51. The van der Waals surface area contributed by atoms with Gasteiger partial charge in [0.25, 0.3) is 0 Å². The largest absolute Gasteiger partial charge is 0.390 e. The van der Waals surface area contributed by atoms with Gasteiger partial charge in [0.2, 0.25) is 0 Å². The lowest BCUT2D eigenvalue weighted by Crippen LogP contribution is -2.57. The van der Waals surface area contributed by atoms with Crippen LogP contribution in [0.2, 0.25) is 0 Å². The third-order valence-electron chi connectivity index (χ3n) is 5.02. The van der Waals surface area contributed by atoms with E-state index in [4.69, 9.17) is 9.99 Å². The lowest BCUT2D eigenvalue weighted by molar-refractivity contribution is -0.433. The molecule has 0 aromatic carbocycles. The highest BCUT2D eigenvalue weighted by Gasteiger charge is 2.57. The van der Waals surface area contributed by atoms with Crippen LogP contribution in [0.15, 0.2) is 0 Å². The zero-order chi connectivity index (χ0) is 15.1. The molecule has 8 heteroatoms. The Kier molecular flexibility index (Phi) is 4.22. The molecule has 4 rings (SSSR count). The maximum atomic E-state index is 13.3. The average molecular weight is 326 g/mol. The monoisotopic (exact) mass is 326 g/mol. The molecule has 0 heterocycles. The molecule has 4 saturated carbocycles. The van der Waals surface area contributed by atoms with Gasteiger partial charge in [0.1, 0.15) is 18.6 Å². The third kappa shape index (κ3) is 3.51. The van der Waals surface area contributed by atoms with Crippen LogP contribution >= 0.6 is 12.0 Å². The van der Waals surface area contributed by atoms with Gasteiger partial charge in [-0.15, -0.1) is 4.33 Å². The molecule has 0 aromatic heterocycles. The lowest BCUT2D eigenvalue weighted by Gasteiger charge is -2.60. The molecule has 0 radical (unpaired) electrons. The van der Waals surface area contributed by atoms with Crippen molar-refractivity contribution in [2.75, 3.05) is 13.2 Å². The molecule has 2 N–H and O–H groups in total. The Hall–Kier alpha value is 0.01000. The summed E-state index contributed by atoms with van der Waals surface area (Å²) in [5.74, 6) is 1.00. The molecule has 2 unspecified atom stereocenters. The summed E-state index contributed by atoms with van der Waals surface area (Å²) in [6.07, 6.45) is 5.42. The Morgan fingerprint density at radius 1 is 1.19 bits per heavy atom. The van der Waals surface area contributed by atoms with Gasteiger partial charge in [0.15, 0.2) is 0 Å². The number of hydrogen-bond donors (Lipinski definition) is 2. The minimum absolute atomic E-state index is 0.159. The van der Waals surface area contributed by atoms with Crippen molar-refractivity contribution in [2.24, 2.45) is 17.3 Å². The van der Waals surface area contributed by atoms with Gasteiger partial charge in [-0.25, -0.2) is 5.26 Å². The highest BCUT2D eigenvalue weighted by molar-refractivity contribution is 7.95. The van der Waals surface area contributed by atoms with Crippen LogP contribution in [0.5, 0.6) is 0 Å². The van der Waals surface area contributed by atoms with E-state index in [-0.39, 0.29) is 24.1 Å². The second-order valence-electron chi connectivity index (χ2n) is 7.04. The van der Waals surface area contributed by atoms with Crippen molar-refractivity contribution >= 4 is 12.0 Å². The number of ether oxygens (including phenoxy) is 1. The molecular weight excluding hydrogens is 306 g/mol. The van der Waals surface area contributed by atoms with Crippen LogP contribution in [-0.4, -0.2) is 34.4 Å². The summed E-state index contributed by atoms with van der Waals surface area (Å²) in [5, 5.41) is 18.3. The molecule has 122 valence electrons. The number of aliphatic hydroxyl groups is 1. The highest BCUT2D eigenvalue weighted by Crippen LogP contribution is 2.61. The highest BCUT2D eigenvalue weighted by atomic mass is 32.2. The number of halogens is 2. The summed E-state index contributed by atoms with van der Waals surface area (Å²) in [6, 6.07) is 0. The molecular formula is C13H20F2O5S. The summed E-state index contributed by atoms with van der Waals surface area (Å²) < 4.78 is 35.6. The Balaban J connectivity index is 1.53. The minimum Gasteiger partial charge on any atom is -0.390 e. The quantitative estimate of drug-likeness (QED) is 0.426. The molecule has 4 aliphatic carbocycles. The van der Waals surface area contributed by atoms with E-state index in [0.717, 1.165) is 32.1 Å². The predicted octanol–water partition coefficient (Wildman–Crippen LogP) is 3.00. The van der Waals surface area contributed by atoms with Crippen LogP contribution in [0.25, 0.3) is 0 Å². The Labute approximate surface area is 126 Å². The van der Waals surface area contributed by atoms with Crippen molar-refractivity contribution in [1.29, 1.82) is 0 Å². The van der Waals surface area contributed by atoms with Gasteiger partial charge in [0.05, 0.1) is 12.2 Å². The van der Waals surface area contributed by atoms with E-state index in [0.29, 0.717) is 18.3 Å². The summed E-state index contributed by atoms with van der Waals surface area (Å²) in [4.78, 5) is 0. The van der Waals surface area contributed by atoms with Crippen molar-refractivity contribution < 1.29 is 33.3 Å². The maximum Gasteiger partial charge on any atom is 0.343 e. The van der Waals surface area contributed by atoms with E-state index in [1.165, 1.54) is 0 Å². The Morgan fingerprint density at radius 3 is 2.43 bits per heavy atom. The summed E-state index contributed by atoms with van der Waals surface area (Å²) in [6.45, 7) is -0.574. The Bertz CT molecular complexity index is 381. The molecule has 0 saturated heterocycles. The first kappa shape index (κ1) is 15.9. The molecule has 4 aliphatic rings. The fourth-order valence-corrected chi connectivity index (χ4v) is 5.31. The van der Waals surface area contributed by atoms with Crippen LogP contribution in [0, 0.1) is 17.3 Å². The summed E-state index contributed by atoms with van der Waals surface area (Å²) >= 11 is -0.285. The van der Waals surface area contributed by atoms with Gasteiger partial charge in [-0.3, -0.25) is 0 Å². The van der Waals surface area contributed by atoms with Gasteiger partial charge in [0, 0.05) is 0 Å². The molecule has 21 heavy (non-hydrogen) atoms. The van der Waals surface area contributed by atoms with E-state index < -0.39 is 17.5 Å². The fourth-order valence-electron chi connectivity index (χ4n) is 5.05. The first-order valence-corrected chi connectivity index (χ1v) is 7.92. The number of hydrogen-bond acceptors (Lipinski definition) is 6. The second kappa shape index (κ2) is 5.58. The predicted molar refractivity (Wildman–Crippen MR) is 70.2 cm³/mol. The van der Waals surface area contributed by atoms with Crippen LogP contribution in [0.4, 0.5) is 8.78 Å². The second-order valence-corrected chi connectivity index (χ2v) is 7.94. The molecule has 4 fully saturated rings. The van der Waals surface area contributed by atoms with Crippen molar-refractivity contribution in [3.63, 3.8) is 0 Å². The number of alkyl halides is 2. The lowest BCUT2D eigenvalue weighted by atomic mass is 9.48. The van der Waals surface area contributed by atoms with Gasteiger partial charge in [-0.2, -0.15) is 8.78 Å². The zero-order valence-electron chi connectivity index (χ0n) is 11.6. The van der Waals surface area contributed by atoms with Crippen LogP contribution in [0.3, 0.4) is 0 Å². The number of rotatable bonds is 7. The molecule has 0 amide bonds. The maximum absolute atomic E-state index is 13.3. The van der Waals surface area contributed by atoms with Crippen LogP contribution < -0.4 is 0 Å². The smallest absolute Gasteiger partial charge is 0.343 e. The molecule has 4 bridgehead atoms.